The van der Waals surface area contributed by atoms with Crippen molar-refractivity contribution in [3.63, 3.8) is 0 Å². The molecule has 3 aromatic rings. The molecule has 2 aliphatic heterocycles. The van der Waals surface area contributed by atoms with E-state index >= 15 is 0 Å². The van der Waals surface area contributed by atoms with Gasteiger partial charge in [0.25, 0.3) is 0 Å². The highest BCUT2D eigenvalue weighted by Gasteiger charge is 2.45. The lowest BCUT2D eigenvalue weighted by Gasteiger charge is -2.43. The fourth-order valence-corrected chi connectivity index (χ4v) is 6.06. The molecule has 0 spiro atoms. The Balaban J connectivity index is 1.61. The highest BCUT2D eigenvalue weighted by Crippen LogP contribution is 2.52. The highest BCUT2D eigenvalue weighted by molar-refractivity contribution is 7.10. The molecule has 0 saturated heterocycles. The number of nitrogens with two attached hydrogens (primary N) is 1. The third-order valence-electron chi connectivity index (χ3n) is 6.65. The number of aliphatic imine (C=N–C) groups is 1. The topological polar surface area (TPSA) is 82.5 Å². The molecule has 0 unspecified atom stereocenters. The zero-order valence-electron chi connectivity index (χ0n) is 17.7. The second-order valence-corrected chi connectivity index (χ2v) is 9.43. The van der Waals surface area contributed by atoms with E-state index in [0.717, 1.165) is 33.0 Å². The van der Waals surface area contributed by atoms with Crippen LogP contribution in [0.4, 0.5) is 5.69 Å². The van der Waals surface area contributed by atoms with E-state index in [2.05, 4.69) is 18.2 Å². The number of benzene rings is 2. The molecule has 0 bridgehead atoms. The van der Waals surface area contributed by atoms with Crippen LogP contribution in [0.5, 0.6) is 0 Å². The number of para-hydroxylation sites is 1. The Hall–Kier alpha value is -3.95. The summed E-state index contributed by atoms with van der Waals surface area (Å²) in [5.41, 5.74) is 11.3. The van der Waals surface area contributed by atoms with Crippen LogP contribution in [0, 0.1) is 11.3 Å². The van der Waals surface area contributed by atoms with E-state index in [4.69, 9.17) is 10.7 Å². The van der Waals surface area contributed by atoms with Crippen molar-refractivity contribution in [3.05, 3.63) is 111 Å². The lowest BCUT2D eigenvalue weighted by molar-refractivity contribution is -0.116. The maximum atomic E-state index is 13.8. The van der Waals surface area contributed by atoms with Crippen LogP contribution in [0.15, 0.2) is 99.8 Å². The van der Waals surface area contributed by atoms with Gasteiger partial charge in [0.2, 0.25) is 0 Å². The van der Waals surface area contributed by atoms with Gasteiger partial charge in [0.1, 0.15) is 5.84 Å². The first kappa shape index (κ1) is 19.7. The lowest BCUT2D eigenvalue weighted by Crippen LogP contribution is -2.40. The van der Waals surface area contributed by atoms with Crippen LogP contribution in [0.25, 0.3) is 0 Å². The van der Waals surface area contributed by atoms with Gasteiger partial charge in [-0.05, 0) is 41.5 Å². The molecular formula is C27H20N4OS. The molecule has 1 aromatic heterocycles. The summed E-state index contributed by atoms with van der Waals surface area (Å²) in [6, 6.07) is 24.3. The SMILES string of the molecule is N#CC1=C2N=C(N)c3ccccc3N2C2=C(C(=O)C[C@H](c3ccccc3)C2)[C@H]1c1cccs1. The van der Waals surface area contributed by atoms with E-state index in [1.807, 2.05) is 64.9 Å². The summed E-state index contributed by atoms with van der Waals surface area (Å²) >= 11 is 1.56. The lowest BCUT2D eigenvalue weighted by atomic mass is 9.73. The van der Waals surface area contributed by atoms with Crippen LogP contribution in [-0.2, 0) is 4.79 Å². The van der Waals surface area contributed by atoms with Crippen molar-refractivity contribution in [2.45, 2.75) is 24.7 Å². The van der Waals surface area contributed by atoms with Crippen LogP contribution < -0.4 is 10.6 Å². The molecule has 6 rings (SSSR count). The number of carbonyl (C=O) groups excluding carboxylic acids is 1. The number of amidine groups is 1. The summed E-state index contributed by atoms with van der Waals surface area (Å²) in [5, 5.41) is 12.2. The van der Waals surface area contributed by atoms with E-state index < -0.39 is 5.92 Å². The smallest absolute Gasteiger partial charge is 0.162 e. The number of nitrogens with zero attached hydrogens (tertiary/aromatic N) is 3. The van der Waals surface area contributed by atoms with Gasteiger partial charge in [-0.15, -0.1) is 11.3 Å². The van der Waals surface area contributed by atoms with Crippen LogP contribution in [-0.4, -0.2) is 11.6 Å². The van der Waals surface area contributed by atoms with Gasteiger partial charge in [0.15, 0.2) is 11.6 Å². The summed E-state index contributed by atoms with van der Waals surface area (Å²) in [7, 11) is 0. The standard InChI is InChI=1S/C27H20N4OS/c28-15-19-24(23-11-6-12-33-23)25-21(13-17(14-22(25)32)16-7-2-1-3-8-16)31-20-10-5-4-9-18(20)26(29)30-27(19)31/h1-12,17,24H,13-14H2,(H2,29,30)/t17-,24-/m1/s1. The minimum atomic E-state index is -0.415. The number of fused-ring (bicyclic) bond motifs is 4. The number of allylic oxidation sites excluding steroid dienone is 3. The Labute approximate surface area is 195 Å². The third kappa shape index (κ3) is 2.97. The summed E-state index contributed by atoms with van der Waals surface area (Å²) < 4.78 is 0. The molecule has 2 aromatic carbocycles. The summed E-state index contributed by atoms with van der Waals surface area (Å²) in [6.45, 7) is 0. The Morgan fingerprint density at radius 1 is 1.03 bits per heavy atom. The van der Waals surface area contributed by atoms with Gasteiger partial charge in [0, 0.05) is 28.1 Å². The molecule has 3 heterocycles. The maximum Gasteiger partial charge on any atom is 0.162 e. The number of thiophene rings is 1. The largest absolute Gasteiger partial charge is 0.383 e. The molecule has 160 valence electrons. The second kappa shape index (κ2) is 7.58. The van der Waals surface area contributed by atoms with Gasteiger partial charge < -0.3 is 5.73 Å². The van der Waals surface area contributed by atoms with E-state index in [0.29, 0.717) is 30.1 Å². The van der Waals surface area contributed by atoms with E-state index in [-0.39, 0.29) is 11.7 Å². The van der Waals surface area contributed by atoms with E-state index in [1.165, 1.54) is 0 Å². The van der Waals surface area contributed by atoms with Gasteiger partial charge in [-0.25, -0.2) is 4.99 Å². The Morgan fingerprint density at radius 2 is 1.82 bits per heavy atom. The van der Waals surface area contributed by atoms with Gasteiger partial charge in [0.05, 0.1) is 23.2 Å². The van der Waals surface area contributed by atoms with Crippen molar-refractivity contribution in [1.82, 2.24) is 0 Å². The minimum Gasteiger partial charge on any atom is -0.383 e. The predicted octanol–water partition coefficient (Wildman–Crippen LogP) is 5.21. The molecule has 3 aliphatic rings. The monoisotopic (exact) mass is 448 g/mol. The van der Waals surface area contributed by atoms with Crippen LogP contribution in [0.3, 0.4) is 0 Å². The van der Waals surface area contributed by atoms with Crippen LogP contribution in [0.2, 0.25) is 0 Å². The number of anilines is 1. The maximum absolute atomic E-state index is 13.8. The van der Waals surface area contributed by atoms with Crippen LogP contribution >= 0.6 is 11.3 Å². The number of ketones is 1. The fraction of sp³-hybridized carbons (Fsp3) is 0.148. The Morgan fingerprint density at radius 3 is 2.58 bits per heavy atom. The van der Waals surface area contributed by atoms with Crippen molar-refractivity contribution in [3.8, 4) is 6.07 Å². The van der Waals surface area contributed by atoms with Gasteiger partial charge in [-0.1, -0.05) is 48.5 Å². The van der Waals surface area contributed by atoms with Crippen LogP contribution in [0.1, 0.15) is 40.7 Å². The molecule has 2 N–H and O–H groups in total. The van der Waals surface area contributed by atoms with Gasteiger partial charge in [-0.2, -0.15) is 5.26 Å². The summed E-state index contributed by atoms with van der Waals surface area (Å²) in [6.07, 6.45) is 1.12. The zero-order chi connectivity index (χ0) is 22.5. The normalized spacial score (nSPS) is 21.7. The number of hydrogen-bond acceptors (Lipinski definition) is 6. The first-order valence-electron chi connectivity index (χ1n) is 10.9. The first-order chi connectivity index (χ1) is 16.2. The molecule has 0 amide bonds. The zero-order valence-corrected chi connectivity index (χ0v) is 18.5. The van der Waals surface area contributed by atoms with Crippen molar-refractivity contribution in [1.29, 1.82) is 5.26 Å². The summed E-state index contributed by atoms with van der Waals surface area (Å²) in [5.74, 6) is 0.673. The molecule has 5 nitrogen and oxygen atoms in total. The summed E-state index contributed by atoms with van der Waals surface area (Å²) in [4.78, 5) is 21.5. The Kier molecular flexibility index (Phi) is 4.53. The van der Waals surface area contributed by atoms with Gasteiger partial charge in [-0.3, -0.25) is 9.69 Å². The van der Waals surface area contributed by atoms with E-state index in [1.54, 1.807) is 11.3 Å². The predicted molar refractivity (Wildman–Crippen MR) is 130 cm³/mol. The first-order valence-corrected chi connectivity index (χ1v) is 11.8. The number of carbonyl (C=O) groups is 1. The molecule has 1 aliphatic carbocycles. The van der Waals surface area contributed by atoms with Crippen molar-refractivity contribution in [2.24, 2.45) is 10.7 Å². The molecule has 0 fully saturated rings. The average molecular weight is 449 g/mol. The van der Waals surface area contributed by atoms with Crippen molar-refractivity contribution >= 4 is 28.6 Å². The average Bonchev–Trinajstić information content (AvgIpc) is 3.38. The van der Waals surface area contributed by atoms with Gasteiger partial charge >= 0.3 is 0 Å². The quantitative estimate of drug-likeness (QED) is 0.584. The number of rotatable bonds is 2. The second-order valence-electron chi connectivity index (χ2n) is 8.45. The molecular weight excluding hydrogens is 428 g/mol. The highest BCUT2D eigenvalue weighted by atomic mass is 32.1. The minimum absolute atomic E-state index is 0.0711. The molecule has 33 heavy (non-hydrogen) atoms. The number of hydrogen-bond donors (Lipinski definition) is 1. The fourth-order valence-electron chi connectivity index (χ4n) is 5.22. The molecule has 6 heteroatoms. The molecule has 2 atom stereocenters. The van der Waals surface area contributed by atoms with Crippen molar-refractivity contribution in [2.75, 3.05) is 4.90 Å². The van der Waals surface area contributed by atoms with Crippen molar-refractivity contribution < 1.29 is 4.79 Å². The number of Topliss-reactive ketones (excluding diaryl/α,β-unsaturated/α-hetero) is 1. The number of nitriles is 1. The van der Waals surface area contributed by atoms with E-state index in [9.17, 15) is 10.1 Å². The Bertz CT molecular complexity index is 1410. The molecule has 0 saturated carbocycles. The third-order valence-corrected chi connectivity index (χ3v) is 7.59. The molecule has 0 radical (unpaired) electrons.